The molecule has 0 aliphatic carbocycles. The molecule has 0 amide bonds. The molecule has 76 valence electrons. The van der Waals surface area contributed by atoms with Crippen LogP contribution in [0, 0.1) is 0 Å². The summed E-state index contributed by atoms with van der Waals surface area (Å²) < 4.78 is 9.95. The molecule has 4 heteroatoms. The molecule has 0 radical (unpaired) electrons. The van der Waals surface area contributed by atoms with Crippen LogP contribution >= 0.6 is 0 Å². The van der Waals surface area contributed by atoms with Crippen LogP contribution in [0.1, 0.15) is 13.8 Å². The molecule has 1 heterocycles. The first-order chi connectivity index (χ1) is 6.16. The molecule has 1 saturated heterocycles. The second kappa shape index (κ2) is 4.58. The molecule has 0 N–H and O–H groups in total. The molecule has 0 saturated carbocycles. The highest BCUT2D eigenvalue weighted by atomic mass is 16.5. The van der Waals surface area contributed by atoms with Crippen molar-refractivity contribution in [3.05, 3.63) is 0 Å². The van der Waals surface area contributed by atoms with Gasteiger partial charge in [-0.15, -0.1) is 0 Å². The largest absolute Gasteiger partial charge is 0.468 e. The first kappa shape index (κ1) is 10.5. The average Bonchev–Trinajstić information content (AvgIpc) is 2.16. The zero-order valence-electron chi connectivity index (χ0n) is 8.45. The number of esters is 1. The second-order valence-corrected chi connectivity index (χ2v) is 3.45. The summed E-state index contributed by atoms with van der Waals surface area (Å²) in [7, 11) is 1.41. The van der Waals surface area contributed by atoms with Gasteiger partial charge >= 0.3 is 5.97 Å². The minimum Gasteiger partial charge on any atom is -0.468 e. The van der Waals surface area contributed by atoms with Crippen LogP contribution in [0.15, 0.2) is 0 Å². The van der Waals surface area contributed by atoms with Gasteiger partial charge in [0.2, 0.25) is 0 Å². The first-order valence-electron chi connectivity index (χ1n) is 4.58. The van der Waals surface area contributed by atoms with E-state index in [2.05, 4.69) is 18.7 Å². The van der Waals surface area contributed by atoms with E-state index >= 15 is 0 Å². The van der Waals surface area contributed by atoms with E-state index in [9.17, 15) is 4.79 Å². The van der Waals surface area contributed by atoms with E-state index in [1.54, 1.807) is 0 Å². The fourth-order valence-electron chi connectivity index (χ4n) is 1.57. The molecule has 0 aromatic heterocycles. The summed E-state index contributed by atoms with van der Waals surface area (Å²) in [5.74, 6) is -0.201. The van der Waals surface area contributed by atoms with Gasteiger partial charge in [-0.1, -0.05) is 0 Å². The highest BCUT2D eigenvalue weighted by Crippen LogP contribution is 2.11. The molecule has 1 aliphatic heterocycles. The summed E-state index contributed by atoms with van der Waals surface area (Å²) in [4.78, 5) is 13.4. The van der Waals surface area contributed by atoms with Crippen molar-refractivity contribution in [3.8, 4) is 0 Å². The number of morpholine rings is 1. The Morgan fingerprint density at radius 2 is 2.31 bits per heavy atom. The third-order valence-electron chi connectivity index (χ3n) is 2.31. The fraction of sp³-hybridized carbons (Fsp3) is 0.889. The van der Waals surface area contributed by atoms with Gasteiger partial charge in [0.25, 0.3) is 0 Å². The smallest absolute Gasteiger partial charge is 0.325 e. The number of ether oxygens (including phenoxy) is 2. The van der Waals surface area contributed by atoms with Crippen molar-refractivity contribution in [1.29, 1.82) is 0 Å². The topological polar surface area (TPSA) is 38.8 Å². The summed E-state index contributed by atoms with van der Waals surface area (Å²) in [6.07, 6.45) is 0. The molecule has 0 unspecified atom stereocenters. The molecule has 4 nitrogen and oxygen atoms in total. The standard InChI is InChI=1S/C9H17NO3/c1-7(2)10-4-5-13-6-8(10)9(11)12-3/h7-8H,4-6H2,1-3H3/t8-/m1/s1. The molecule has 1 aliphatic rings. The zero-order valence-corrected chi connectivity index (χ0v) is 8.45. The van der Waals surface area contributed by atoms with Gasteiger partial charge in [0.15, 0.2) is 0 Å². The predicted molar refractivity (Wildman–Crippen MR) is 48.5 cm³/mol. The third kappa shape index (κ3) is 2.42. The number of hydrogen-bond donors (Lipinski definition) is 0. The Kier molecular flexibility index (Phi) is 3.69. The molecule has 0 aromatic rings. The number of carbonyl (C=O) groups excluding carboxylic acids is 1. The predicted octanol–water partition coefficient (Wildman–Crippen LogP) is 0.269. The van der Waals surface area contributed by atoms with Gasteiger partial charge in [-0.2, -0.15) is 0 Å². The van der Waals surface area contributed by atoms with E-state index in [1.165, 1.54) is 7.11 Å². The van der Waals surface area contributed by atoms with E-state index < -0.39 is 0 Å². The molecule has 13 heavy (non-hydrogen) atoms. The van der Waals surface area contributed by atoms with Gasteiger partial charge in [0, 0.05) is 12.6 Å². The van der Waals surface area contributed by atoms with Gasteiger partial charge in [0.1, 0.15) is 6.04 Å². The highest BCUT2D eigenvalue weighted by molar-refractivity contribution is 5.76. The fourth-order valence-corrected chi connectivity index (χ4v) is 1.57. The van der Waals surface area contributed by atoms with Crippen LogP contribution in [0.5, 0.6) is 0 Å². The maximum absolute atomic E-state index is 11.3. The SMILES string of the molecule is COC(=O)[C@H]1COCCN1C(C)C. The van der Waals surface area contributed by atoms with E-state index in [-0.39, 0.29) is 12.0 Å². The van der Waals surface area contributed by atoms with E-state index in [0.717, 1.165) is 6.54 Å². The number of carbonyl (C=O) groups is 1. The average molecular weight is 187 g/mol. The van der Waals surface area contributed by atoms with Gasteiger partial charge < -0.3 is 9.47 Å². The maximum Gasteiger partial charge on any atom is 0.325 e. The highest BCUT2D eigenvalue weighted by Gasteiger charge is 2.31. The molecular formula is C9H17NO3. The summed E-state index contributed by atoms with van der Waals surface area (Å²) in [6.45, 7) is 6.09. The summed E-state index contributed by atoms with van der Waals surface area (Å²) in [5, 5.41) is 0. The Hall–Kier alpha value is -0.610. The third-order valence-corrected chi connectivity index (χ3v) is 2.31. The molecule has 0 bridgehead atoms. The van der Waals surface area contributed by atoms with E-state index in [1.807, 2.05) is 0 Å². The van der Waals surface area contributed by atoms with Crippen molar-refractivity contribution in [2.45, 2.75) is 25.9 Å². The molecule has 0 spiro atoms. The normalized spacial score (nSPS) is 24.8. The Morgan fingerprint density at radius 1 is 1.62 bits per heavy atom. The van der Waals surface area contributed by atoms with Crippen molar-refractivity contribution in [1.82, 2.24) is 4.90 Å². The maximum atomic E-state index is 11.3. The van der Waals surface area contributed by atoms with Crippen molar-refractivity contribution in [2.24, 2.45) is 0 Å². The van der Waals surface area contributed by atoms with E-state index in [4.69, 9.17) is 9.47 Å². The Bertz CT molecular complexity index is 182. The Labute approximate surface area is 78.8 Å². The summed E-state index contributed by atoms with van der Waals surface area (Å²) >= 11 is 0. The van der Waals surface area contributed by atoms with Crippen molar-refractivity contribution < 1.29 is 14.3 Å². The number of rotatable bonds is 2. The van der Waals surface area contributed by atoms with Crippen LogP contribution < -0.4 is 0 Å². The lowest BCUT2D eigenvalue weighted by molar-refractivity contribution is -0.154. The Morgan fingerprint density at radius 3 is 2.85 bits per heavy atom. The van der Waals surface area contributed by atoms with Crippen LogP contribution in [0.4, 0.5) is 0 Å². The lowest BCUT2D eigenvalue weighted by atomic mass is 10.2. The Balaban J connectivity index is 2.61. The number of nitrogens with zero attached hydrogens (tertiary/aromatic N) is 1. The summed E-state index contributed by atoms with van der Waals surface area (Å²) in [6, 6.07) is 0.131. The second-order valence-electron chi connectivity index (χ2n) is 3.45. The van der Waals surface area contributed by atoms with Crippen LogP contribution in [0.2, 0.25) is 0 Å². The molecule has 0 aromatic carbocycles. The minimum atomic E-state index is -0.223. The van der Waals surface area contributed by atoms with Gasteiger partial charge in [-0.05, 0) is 13.8 Å². The lowest BCUT2D eigenvalue weighted by Crippen LogP contribution is -2.53. The van der Waals surface area contributed by atoms with Gasteiger partial charge in [-0.25, -0.2) is 0 Å². The van der Waals surface area contributed by atoms with Crippen LogP contribution in [0.25, 0.3) is 0 Å². The van der Waals surface area contributed by atoms with Gasteiger partial charge in [0.05, 0.1) is 20.3 Å². The molecule has 1 fully saturated rings. The van der Waals surface area contributed by atoms with Crippen molar-refractivity contribution in [2.75, 3.05) is 26.9 Å². The monoisotopic (exact) mass is 187 g/mol. The molecular weight excluding hydrogens is 170 g/mol. The van der Waals surface area contributed by atoms with Gasteiger partial charge in [-0.3, -0.25) is 9.69 Å². The van der Waals surface area contributed by atoms with Crippen LogP contribution in [-0.2, 0) is 14.3 Å². The number of hydrogen-bond acceptors (Lipinski definition) is 4. The van der Waals surface area contributed by atoms with Crippen molar-refractivity contribution in [3.63, 3.8) is 0 Å². The minimum absolute atomic E-state index is 0.201. The van der Waals surface area contributed by atoms with Crippen LogP contribution in [0.3, 0.4) is 0 Å². The molecule has 1 atom stereocenters. The van der Waals surface area contributed by atoms with Crippen LogP contribution in [-0.4, -0.2) is 49.8 Å². The zero-order chi connectivity index (χ0) is 9.84. The van der Waals surface area contributed by atoms with E-state index in [0.29, 0.717) is 19.3 Å². The van der Waals surface area contributed by atoms with Crippen molar-refractivity contribution >= 4 is 5.97 Å². The quantitative estimate of drug-likeness (QED) is 0.582. The lowest BCUT2D eigenvalue weighted by Gasteiger charge is -2.36. The summed E-state index contributed by atoms with van der Waals surface area (Å²) in [5.41, 5.74) is 0. The first-order valence-corrected chi connectivity index (χ1v) is 4.58. The molecule has 1 rings (SSSR count). The number of methoxy groups -OCH3 is 1.